The first-order chi connectivity index (χ1) is 15.5. The van der Waals surface area contributed by atoms with Gasteiger partial charge in [0.1, 0.15) is 6.04 Å². The third-order valence-electron chi connectivity index (χ3n) is 5.02. The van der Waals surface area contributed by atoms with Gasteiger partial charge in [0.25, 0.3) is 17.6 Å². The number of amides is 1. The number of methoxy groups -OCH3 is 1. The van der Waals surface area contributed by atoms with Gasteiger partial charge in [-0.1, -0.05) is 36.4 Å². The van der Waals surface area contributed by atoms with E-state index >= 15 is 0 Å². The normalized spacial score (nSPS) is 20.9. The minimum atomic E-state index is -1.48. The van der Waals surface area contributed by atoms with E-state index in [9.17, 15) is 14.7 Å². The standard InChI is InChI=1S/C21H17N5O5S/c1-30-21-23-14(15(27)17(29)24-21)18-25-26-19(31-18)16(28)20-22-12-8-7-11(9-13(12)32-20)10-5-3-2-4-6-10/h2-9,14-15,21,23,27H,1H3,(H,24,29). The molecule has 1 amide bonds. The van der Waals surface area contributed by atoms with Gasteiger partial charge in [-0.05, 0) is 23.3 Å². The van der Waals surface area contributed by atoms with E-state index in [0.717, 1.165) is 15.8 Å². The van der Waals surface area contributed by atoms with Crippen LogP contribution in [0.3, 0.4) is 0 Å². The number of hydrogen-bond acceptors (Lipinski definition) is 10. The second-order valence-corrected chi connectivity index (χ2v) is 8.09. The van der Waals surface area contributed by atoms with Gasteiger partial charge in [0.15, 0.2) is 17.5 Å². The fourth-order valence-electron chi connectivity index (χ4n) is 3.37. The predicted molar refractivity (Wildman–Crippen MR) is 114 cm³/mol. The number of rotatable bonds is 5. The number of fused-ring (bicyclic) bond motifs is 1. The van der Waals surface area contributed by atoms with E-state index in [-0.39, 0.29) is 16.8 Å². The number of carbonyl (C=O) groups is 2. The van der Waals surface area contributed by atoms with Crippen molar-refractivity contribution in [3.63, 3.8) is 0 Å². The van der Waals surface area contributed by atoms with E-state index in [1.165, 1.54) is 18.4 Å². The van der Waals surface area contributed by atoms with Crippen molar-refractivity contribution in [2.24, 2.45) is 0 Å². The topological polar surface area (TPSA) is 139 Å². The molecule has 162 valence electrons. The monoisotopic (exact) mass is 451 g/mol. The van der Waals surface area contributed by atoms with Crippen molar-refractivity contribution in [1.29, 1.82) is 0 Å². The van der Waals surface area contributed by atoms with Crippen molar-refractivity contribution in [3.05, 3.63) is 65.3 Å². The maximum absolute atomic E-state index is 12.9. The lowest BCUT2D eigenvalue weighted by Gasteiger charge is -2.31. The van der Waals surface area contributed by atoms with E-state index in [1.54, 1.807) is 0 Å². The third-order valence-corrected chi connectivity index (χ3v) is 6.03. The van der Waals surface area contributed by atoms with Crippen LogP contribution < -0.4 is 10.6 Å². The van der Waals surface area contributed by atoms with Crippen molar-refractivity contribution >= 4 is 33.2 Å². The Morgan fingerprint density at radius 3 is 2.75 bits per heavy atom. The number of aliphatic hydroxyl groups is 1. The average molecular weight is 451 g/mol. The number of thiazole rings is 1. The van der Waals surface area contributed by atoms with Gasteiger partial charge in [-0.3, -0.25) is 14.9 Å². The molecule has 2 aromatic carbocycles. The first kappa shape index (κ1) is 20.4. The highest BCUT2D eigenvalue weighted by Crippen LogP contribution is 2.29. The molecule has 32 heavy (non-hydrogen) atoms. The summed E-state index contributed by atoms with van der Waals surface area (Å²) in [6.45, 7) is 0. The fourth-order valence-corrected chi connectivity index (χ4v) is 4.31. The summed E-state index contributed by atoms with van der Waals surface area (Å²) in [4.78, 5) is 29.2. The number of aromatic nitrogens is 3. The third kappa shape index (κ3) is 3.67. The Bertz CT molecular complexity index is 1300. The van der Waals surface area contributed by atoms with Gasteiger partial charge < -0.3 is 19.6 Å². The highest BCUT2D eigenvalue weighted by atomic mass is 32.1. The Balaban J connectivity index is 1.41. The van der Waals surface area contributed by atoms with Crippen LogP contribution >= 0.6 is 11.3 Å². The van der Waals surface area contributed by atoms with Crippen LogP contribution in [0.15, 0.2) is 52.9 Å². The number of hydrogen-bond donors (Lipinski definition) is 3. The zero-order valence-electron chi connectivity index (χ0n) is 16.7. The summed E-state index contributed by atoms with van der Waals surface area (Å²) in [7, 11) is 1.38. The Labute approximate surface area is 185 Å². The predicted octanol–water partition coefficient (Wildman–Crippen LogP) is 1.63. The molecule has 0 spiro atoms. The molecule has 1 aliphatic rings. The highest BCUT2D eigenvalue weighted by molar-refractivity contribution is 7.20. The van der Waals surface area contributed by atoms with Crippen LogP contribution in [0.25, 0.3) is 21.3 Å². The van der Waals surface area contributed by atoms with Gasteiger partial charge in [0, 0.05) is 7.11 Å². The van der Waals surface area contributed by atoms with Crippen LogP contribution in [0.4, 0.5) is 0 Å². The first-order valence-electron chi connectivity index (χ1n) is 9.65. The van der Waals surface area contributed by atoms with Gasteiger partial charge in [0.2, 0.25) is 5.89 Å². The zero-order chi connectivity index (χ0) is 22.2. The number of carbonyl (C=O) groups excluding carboxylic acids is 2. The molecule has 10 nitrogen and oxygen atoms in total. The number of ketones is 1. The summed E-state index contributed by atoms with van der Waals surface area (Å²) < 4.78 is 11.4. The van der Waals surface area contributed by atoms with Gasteiger partial charge in [0.05, 0.1) is 10.2 Å². The number of nitrogens with one attached hydrogen (secondary N) is 2. The number of benzene rings is 2. The van der Waals surface area contributed by atoms with Crippen molar-refractivity contribution in [1.82, 2.24) is 25.8 Å². The molecule has 3 N–H and O–H groups in total. The van der Waals surface area contributed by atoms with Crippen LogP contribution in [0.1, 0.15) is 27.6 Å². The van der Waals surface area contributed by atoms with Crippen molar-refractivity contribution < 1.29 is 23.8 Å². The second kappa shape index (κ2) is 8.20. The van der Waals surface area contributed by atoms with Crippen LogP contribution in [0.5, 0.6) is 0 Å². The molecular weight excluding hydrogens is 434 g/mol. The van der Waals surface area contributed by atoms with Gasteiger partial charge >= 0.3 is 0 Å². The largest absolute Gasteiger partial charge is 0.416 e. The van der Waals surface area contributed by atoms with Gasteiger partial charge in [-0.25, -0.2) is 4.98 Å². The molecule has 0 radical (unpaired) electrons. The van der Waals surface area contributed by atoms with Crippen LogP contribution in [0, 0.1) is 0 Å². The number of aliphatic hydroxyl groups excluding tert-OH is 1. The SMILES string of the molecule is COC1NC(=O)C(O)C(c2nnc(C(=O)c3nc4ccc(-c5ccccc5)cc4s3)o2)N1. The molecule has 11 heteroatoms. The molecule has 3 heterocycles. The molecule has 0 aliphatic carbocycles. The van der Waals surface area contributed by atoms with Crippen molar-refractivity contribution in [2.75, 3.05) is 7.11 Å². The lowest BCUT2D eigenvalue weighted by Crippen LogP contribution is -2.60. The molecule has 1 fully saturated rings. The van der Waals surface area contributed by atoms with Crippen molar-refractivity contribution in [2.45, 2.75) is 18.5 Å². The molecule has 1 aliphatic heterocycles. The molecule has 0 bridgehead atoms. The van der Waals surface area contributed by atoms with Crippen LogP contribution in [-0.2, 0) is 9.53 Å². The Hall–Kier alpha value is -3.51. The molecule has 4 aromatic rings. The van der Waals surface area contributed by atoms with E-state index in [0.29, 0.717) is 5.52 Å². The Kier molecular flexibility index (Phi) is 5.23. The fraction of sp³-hybridized carbons (Fsp3) is 0.190. The second-order valence-electron chi connectivity index (χ2n) is 7.06. The quantitative estimate of drug-likeness (QED) is 0.386. The summed E-state index contributed by atoms with van der Waals surface area (Å²) in [5.41, 5.74) is 2.76. The van der Waals surface area contributed by atoms with E-state index < -0.39 is 30.2 Å². The lowest BCUT2D eigenvalue weighted by atomic mass is 10.1. The summed E-state index contributed by atoms with van der Waals surface area (Å²) in [6, 6.07) is 14.7. The number of ether oxygens (including phenoxy) is 1. The zero-order valence-corrected chi connectivity index (χ0v) is 17.5. The molecule has 1 saturated heterocycles. The molecular formula is C21H17N5O5S. The molecule has 0 saturated carbocycles. The molecule has 3 atom stereocenters. The summed E-state index contributed by atoms with van der Waals surface area (Å²) in [5.74, 6) is -1.59. The van der Waals surface area contributed by atoms with E-state index in [1.807, 2.05) is 48.5 Å². The summed E-state index contributed by atoms with van der Waals surface area (Å²) >= 11 is 1.22. The maximum atomic E-state index is 12.9. The highest BCUT2D eigenvalue weighted by Gasteiger charge is 2.39. The first-order valence-corrected chi connectivity index (χ1v) is 10.5. The van der Waals surface area contributed by atoms with Gasteiger partial charge in [-0.15, -0.1) is 21.5 Å². The van der Waals surface area contributed by atoms with E-state index in [2.05, 4.69) is 25.8 Å². The van der Waals surface area contributed by atoms with Crippen molar-refractivity contribution in [3.8, 4) is 11.1 Å². The smallest absolute Gasteiger partial charge is 0.291 e. The molecule has 5 rings (SSSR count). The Morgan fingerprint density at radius 2 is 1.97 bits per heavy atom. The Morgan fingerprint density at radius 1 is 1.16 bits per heavy atom. The lowest BCUT2D eigenvalue weighted by molar-refractivity contribution is -0.143. The summed E-state index contributed by atoms with van der Waals surface area (Å²) in [5, 5.41) is 23.2. The maximum Gasteiger partial charge on any atom is 0.291 e. The number of nitrogens with zero attached hydrogens (tertiary/aromatic N) is 3. The molecule has 3 unspecified atom stereocenters. The summed E-state index contributed by atoms with van der Waals surface area (Å²) in [6.07, 6.45) is -2.33. The van der Waals surface area contributed by atoms with Gasteiger partial charge in [-0.2, -0.15) is 0 Å². The minimum absolute atomic E-state index is 0.106. The molecule has 2 aromatic heterocycles. The van der Waals surface area contributed by atoms with Crippen LogP contribution in [-0.4, -0.2) is 51.5 Å². The van der Waals surface area contributed by atoms with Crippen LogP contribution in [0.2, 0.25) is 0 Å². The minimum Gasteiger partial charge on any atom is -0.416 e. The van der Waals surface area contributed by atoms with E-state index in [4.69, 9.17) is 9.15 Å². The average Bonchev–Trinajstić information content (AvgIpc) is 3.48.